The fraction of sp³-hybridized carbons (Fsp3) is 0.312. The Bertz CT molecular complexity index is 620. The van der Waals surface area contributed by atoms with Gasteiger partial charge in [0.1, 0.15) is 11.6 Å². The van der Waals surface area contributed by atoms with Crippen molar-refractivity contribution in [2.75, 3.05) is 20.1 Å². The Hall–Kier alpha value is -1.09. The number of aliphatic imine (C=N–C) groups is 1. The van der Waals surface area contributed by atoms with Gasteiger partial charge in [0, 0.05) is 31.0 Å². The maximum atomic E-state index is 13.6. The standard InChI is InChI=1S/C16H19BrFN3O.HI/c1-19-16(21-9-7-14-3-2-10-22-14)20-8-6-12-11-13(17)4-5-15(12)18;/h2-5,10-11H,6-9H2,1H3,(H2,19,20,21);1H. The van der Waals surface area contributed by atoms with Crippen LogP contribution < -0.4 is 10.6 Å². The topological polar surface area (TPSA) is 49.6 Å². The van der Waals surface area contributed by atoms with Gasteiger partial charge in [0.25, 0.3) is 0 Å². The maximum absolute atomic E-state index is 13.6. The second-order valence-electron chi connectivity index (χ2n) is 4.74. The van der Waals surface area contributed by atoms with Crippen molar-refractivity contribution < 1.29 is 8.81 Å². The molecule has 0 amide bonds. The molecular weight excluding hydrogens is 476 g/mol. The van der Waals surface area contributed by atoms with E-state index in [4.69, 9.17) is 4.42 Å². The summed E-state index contributed by atoms with van der Waals surface area (Å²) in [5, 5.41) is 6.37. The molecule has 1 heterocycles. The van der Waals surface area contributed by atoms with Crippen molar-refractivity contribution in [2.24, 2.45) is 4.99 Å². The van der Waals surface area contributed by atoms with Crippen LogP contribution in [0.15, 0.2) is 50.5 Å². The van der Waals surface area contributed by atoms with Crippen molar-refractivity contribution >= 4 is 45.9 Å². The van der Waals surface area contributed by atoms with E-state index < -0.39 is 0 Å². The number of furan rings is 1. The van der Waals surface area contributed by atoms with Gasteiger partial charge in [0.05, 0.1) is 6.26 Å². The van der Waals surface area contributed by atoms with Gasteiger partial charge in [-0.25, -0.2) is 4.39 Å². The zero-order valence-electron chi connectivity index (χ0n) is 12.8. The Morgan fingerprint density at radius 1 is 1.22 bits per heavy atom. The van der Waals surface area contributed by atoms with Gasteiger partial charge in [-0.2, -0.15) is 0 Å². The van der Waals surface area contributed by atoms with Crippen LogP contribution in [0.1, 0.15) is 11.3 Å². The summed E-state index contributed by atoms with van der Waals surface area (Å²) in [4.78, 5) is 4.14. The van der Waals surface area contributed by atoms with Crippen LogP contribution in [-0.4, -0.2) is 26.1 Å². The minimum atomic E-state index is -0.189. The summed E-state index contributed by atoms with van der Waals surface area (Å²) in [5.74, 6) is 1.44. The number of guanidine groups is 1. The van der Waals surface area contributed by atoms with Crippen LogP contribution >= 0.6 is 39.9 Å². The van der Waals surface area contributed by atoms with Crippen LogP contribution in [0.3, 0.4) is 0 Å². The molecular formula is C16H20BrFIN3O. The van der Waals surface area contributed by atoms with E-state index in [1.807, 2.05) is 12.1 Å². The van der Waals surface area contributed by atoms with Crippen molar-refractivity contribution in [3.8, 4) is 0 Å². The Morgan fingerprint density at radius 2 is 1.96 bits per heavy atom. The first-order valence-electron chi connectivity index (χ1n) is 7.10. The van der Waals surface area contributed by atoms with Crippen LogP contribution in [0, 0.1) is 5.82 Å². The molecule has 0 atom stereocenters. The van der Waals surface area contributed by atoms with Crippen LogP contribution in [-0.2, 0) is 12.8 Å². The number of rotatable bonds is 6. The molecule has 0 saturated heterocycles. The highest BCUT2D eigenvalue weighted by Gasteiger charge is 2.04. The molecule has 2 rings (SSSR count). The zero-order valence-corrected chi connectivity index (χ0v) is 16.7. The normalized spacial score (nSPS) is 11.0. The van der Waals surface area contributed by atoms with Gasteiger partial charge in [-0.15, -0.1) is 24.0 Å². The van der Waals surface area contributed by atoms with Crippen molar-refractivity contribution in [1.82, 2.24) is 10.6 Å². The Morgan fingerprint density at radius 3 is 2.61 bits per heavy atom. The van der Waals surface area contributed by atoms with E-state index in [1.54, 1.807) is 25.4 Å². The fourth-order valence-corrected chi connectivity index (χ4v) is 2.44. The quantitative estimate of drug-likeness (QED) is 0.364. The van der Waals surface area contributed by atoms with Crippen LogP contribution in [0.25, 0.3) is 0 Å². The van der Waals surface area contributed by atoms with Gasteiger partial charge in [0.15, 0.2) is 5.96 Å². The molecule has 0 saturated carbocycles. The molecule has 0 spiro atoms. The minimum Gasteiger partial charge on any atom is -0.469 e. The molecule has 0 fully saturated rings. The SMILES string of the molecule is CN=C(NCCc1ccco1)NCCc1cc(Br)ccc1F.I. The van der Waals surface area contributed by atoms with Crippen LogP contribution in [0.4, 0.5) is 4.39 Å². The molecule has 2 aromatic rings. The molecule has 126 valence electrons. The summed E-state index contributed by atoms with van der Waals surface area (Å²) in [7, 11) is 1.71. The Balaban J connectivity index is 0.00000264. The van der Waals surface area contributed by atoms with Gasteiger partial charge >= 0.3 is 0 Å². The van der Waals surface area contributed by atoms with Crippen LogP contribution in [0.2, 0.25) is 0 Å². The Kier molecular flexibility index (Phi) is 9.23. The molecule has 23 heavy (non-hydrogen) atoms. The lowest BCUT2D eigenvalue weighted by Crippen LogP contribution is -2.39. The average molecular weight is 496 g/mol. The van der Waals surface area contributed by atoms with E-state index in [-0.39, 0.29) is 29.8 Å². The van der Waals surface area contributed by atoms with E-state index in [1.165, 1.54) is 6.07 Å². The minimum absolute atomic E-state index is 0. The lowest BCUT2D eigenvalue weighted by molar-refractivity contribution is 0.507. The maximum Gasteiger partial charge on any atom is 0.191 e. The number of nitrogens with zero attached hydrogens (tertiary/aromatic N) is 1. The van der Waals surface area contributed by atoms with Crippen LogP contribution in [0.5, 0.6) is 0 Å². The molecule has 4 nitrogen and oxygen atoms in total. The molecule has 1 aromatic heterocycles. The van der Waals surface area contributed by atoms with Crippen molar-refractivity contribution in [3.63, 3.8) is 0 Å². The lowest BCUT2D eigenvalue weighted by Gasteiger charge is -2.11. The van der Waals surface area contributed by atoms with Gasteiger partial charge in [-0.3, -0.25) is 4.99 Å². The lowest BCUT2D eigenvalue weighted by atomic mass is 10.1. The number of nitrogens with one attached hydrogen (secondary N) is 2. The highest BCUT2D eigenvalue weighted by molar-refractivity contribution is 14.0. The molecule has 0 aliphatic heterocycles. The zero-order chi connectivity index (χ0) is 15.8. The highest BCUT2D eigenvalue weighted by atomic mass is 127. The van der Waals surface area contributed by atoms with Crippen molar-refractivity contribution in [1.29, 1.82) is 0 Å². The molecule has 0 radical (unpaired) electrons. The fourth-order valence-electron chi connectivity index (χ4n) is 2.03. The first kappa shape index (κ1) is 20.0. The second-order valence-corrected chi connectivity index (χ2v) is 5.66. The molecule has 1 aromatic carbocycles. The van der Waals surface area contributed by atoms with E-state index in [0.29, 0.717) is 24.5 Å². The van der Waals surface area contributed by atoms with E-state index in [9.17, 15) is 4.39 Å². The molecule has 2 N–H and O–H groups in total. The summed E-state index contributed by atoms with van der Waals surface area (Å²) < 4.78 is 19.8. The van der Waals surface area contributed by atoms with Gasteiger partial charge in [-0.1, -0.05) is 15.9 Å². The monoisotopic (exact) mass is 495 g/mol. The number of benzene rings is 1. The summed E-state index contributed by atoms with van der Waals surface area (Å²) in [6.07, 6.45) is 3.03. The molecule has 0 aliphatic rings. The van der Waals surface area contributed by atoms with Gasteiger partial charge in [0.2, 0.25) is 0 Å². The molecule has 0 bridgehead atoms. The predicted molar refractivity (Wildman–Crippen MR) is 105 cm³/mol. The largest absolute Gasteiger partial charge is 0.469 e. The third-order valence-corrected chi connectivity index (χ3v) is 3.66. The molecule has 7 heteroatoms. The summed E-state index contributed by atoms with van der Waals surface area (Å²) in [6.45, 7) is 1.33. The average Bonchev–Trinajstić information content (AvgIpc) is 3.02. The summed E-state index contributed by atoms with van der Waals surface area (Å²) in [6, 6.07) is 8.77. The third-order valence-electron chi connectivity index (χ3n) is 3.16. The smallest absolute Gasteiger partial charge is 0.191 e. The molecule has 0 aliphatic carbocycles. The van der Waals surface area contributed by atoms with E-state index >= 15 is 0 Å². The summed E-state index contributed by atoms with van der Waals surface area (Å²) in [5.41, 5.74) is 0.674. The highest BCUT2D eigenvalue weighted by Crippen LogP contribution is 2.15. The number of halogens is 3. The van der Waals surface area contributed by atoms with E-state index in [0.717, 1.165) is 23.2 Å². The van der Waals surface area contributed by atoms with Gasteiger partial charge in [-0.05, 0) is 42.3 Å². The first-order valence-corrected chi connectivity index (χ1v) is 7.89. The predicted octanol–water partition coefficient (Wildman–Crippen LogP) is 3.75. The van der Waals surface area contributed by atoms with Crippen molar-refractivity contribution in [2.45, 2.75) is 12.8 Å². The second kappa shape index (κ2) is 10.6. The Labute approximate surface area is 161 Å². The van der Waals surface area contributed by atoms with E-state index in [2.05, 4.69) is 31.6 Å². The number of hydrogen-bond donors (Lipinski definition) is 2. The number of hydrogen-bond acceptors (Lipinski definition) is 2. The van der Waals surface area contributed by atoms with Gasteiger partial charge < -0.3 is 15.1 Å². The van der Waals surface area contributed by atoms with Crippen molar-refractivity contribution in [3.05, 3.63) is 58.2 Å². The molecule has 0 unspecified atom stereocenters. The summed E-state index contributed by atoms with van der Waals surface area (Å²) >= 11 is 3.35. The third kappa shape index (κ3) is 6.90. The first-order chi connectivity index (χ1) is 10.7.